The Labute approximate surface area is 137 Å². The molecule has 0 aromatic heterocycles. The minimum absolute atomic E-state index is 0.0983. The second-order valence-corrected chi connectivity index (χ2v) is 5.17. The summed E-state index contributed by atoms with van der Waals surface area (Å²) in [7, 11) is 0. The fourth-order valence-corrected chi connectivity index (χ4v) is 1.99. The van der Waals surface area contributed by atoms with Gasteiger partial charge in [0, 0.05) is 23.6 Å². The SMILES string of the molecule is NCCC(=O)Nc1cc(F)ccc1NC(=O)c1ccc(Cl)cc1. The lowest BCUT2D eigenvalue weighted by atomic mass is 10.2. The van der Waals surface area contributed by atoms with Crippen molar-refractivity contribution in [3.8, 4) is 0 Å². The molecule has 0 saturated heterocycles. The highest BCUT2D eigenvalue weighted by atomic mass is 35.5. The molecule has 0 aliphatic rings. The van der Waals surface area contributed by atoms with Gasteiger partial charge in [0.15, 0.2) is 0 Å². The molecule has 2 amide bonds. The van der Waals surface area contributed by atoms with Gasteiger partial charge in [-0.1, -0.05) is 11.6 Å². The topological polar surface area (TPSA) is 84.2 Å². The van der Waals surface area contributed by atoms with E-state index in [-0.39, 0.29) is 30.2 Å². The molecule has 2 rings (SSSR count). The Hall–Kier alpha value is -2.44. The van der Waals surface area contributed by atoms with Crippen LogP contribution in [0.3, 0.4) is 0 Å². The highest BCUT2D eigenvalue weighted by Crippen LogP contribution is 2.24. The van der Waals surface area contributed by atoms with Gasteiger partial charge in [-0.05, 0) is 42.5 Å². The van der Waals surface area contributed by atoms with Crippen molar-refractivity contribution in [2.75, 3.05) is 17.2 Å². The molecule has 2 aromatic carbocycles. The van der Waals surface area contributed by atoms with E-state index in [0.29, 0.717) is 10.6 Å². The second kappa shape index (κ2) is 7.71. The van der Waals surface area contributed by atoms with Gasteiger partial charge in [-0.2, -0.15) is 0 Å². The van der Waals surface area contributed by atoms with Gasteiger partial charge in [-0.15, -0.1) is 0 Å². The van der Waals surface area contributed by atoms with Gasteiger partial charge >= 0.3 is 0 Å². The van der Waals surface area contributed by atoms with Crippen molar-refractivity contribution in [3.05, 3.63) is 58.9 Å². The molecule has 0 fully saturated rings. The van der Waals surface area contributed by atoms with Crippen LogP contribution in [-0.2, 0) is 4.79 Å². The number of amides is 2. The van der Waals surface area contributed by atoms with Gasteiger partial charge in [0.1, 0.15) is 5.82 Å². The summed E-state index contributed by atoms with van der Waals surface area (Å²) in [5.41, 5.74) is 6.15. The van der Waals surface area contributed by atoms with Crippen molar-refractivity contribution < 1.29 is 14.0 Å². The summed E-state index contributed by atoms with van der Waals surface area (Å²) in [6.07, 6.45) is 0.0983. The highest BCUT2D eigenvalue weighted by Gasteiger charge is 2.12. The van der Waals surface area contributed by atoms with Crippen molar-refractivity contribution in [3.63, 3.8) is 0 Å². The maximum atomic E-state index is 13.4. The fourth-order valence-electron chi connectivity index (χ4n) is 1.87. The maximum Gasteiger partial charge on any atom is 0.255 e. The van der Waals surface area contributed by atoms with E-state index in [0.717, 1.165) is 6.07 Å². The summed E-state index contributed by atoms with van der Waals surface area (Å²) in [6.45, 7) is 0.174. The standard InChI is InChI=1S/C16H15ClFN3O2/c17-11-3-1-10(2-4-11)16(23)21-13-6-5-12(18)9-14(13)20-15(22)7-8-19/h1-6,9H,7-8,19H2,(H,20,22)(H,21,23). The van der Waals surface area contributed by atoms with Crippen molar-refractivity contribution in [1.82, 2.24) is 0 Å². The molecule has 0 spiro atoms. The first-order chi connectivity index (χ1) is 11.0. The first kappa shape index (κ1) is 16.9. The first-order valence-corrected chi connectivity index (χ1v) is 7.24. The van der Waals surface area contributed by atoms with Crippen LogP contribution in [0.5, 0.6) is 0 Å². The number of carbonyl (C=O) groups excluding carboxylic acids is 2. The summed E-state index contributed by atoms with van der Waals surface area (Å²) in [5, 5.41) is 5.66. The molecule has 0 unspecified atom stereocenters. The fraction of sp³-hybridized carbons (Fsp3) is 0.125. The zero-order valence-corrected chi connectivity index (χ0v) is 12.9. The average molecular weight is 336 g/mol. The molecule has 0 heterocycles. The van der Waals surface area contributed by atoms with E-state index in [9.17, 15) is 14.0 Å². The highest BCUT2D eigenvalue weighted by molar-refractivity contribution is 6.30. The smallest absolute Gasteiger partial charge is 0.255 e. The lowest BCUT2D eigenvalue weighted by Crippen LogP contribution is -2.19. The van der Waals surface area contributed by atoms with Crippen LogP contribution < -0.4 is 16.4 Å². The van der Waals surface area contributed by atoms with Crippen molar-refractivity contribution >= 4 is 34.8 Å². The van der Waals surface area contributed by atoms with Crippen LogP contribution >= 0.6 is 11.6 Å². The molecule has 0 saturated carbocycles. The zero-order valence-electron chi connectivity index (χ0n) is 12.1. The van der Waals surface area contributed by atoms with E-state index in [1.165, 1.54) is 12.1 Å². The predicted octanol–water partition coefficient (Wildman–Crippen LogP) is 3.02. The van der Waals surface area contributed by atoms with E-state index in [1.807, 2.05) is 0 Å². The van der Waals surface area contributed by atoms with Crippen LogP contribution in [0.1, 0.15) is 16.8 Å². The molecule has 0 aliphatic carbocycles. The van der Waals surface area contributed by atoms with Gasteiger partial charge in [0.2, 0.25) is 5.91 Å². The van der Waals surface area contributed by atoms with Gasteiger partial charge in [-0.25, -0.2) is 4.39 Å². The van der Waals surface area contributed by atoms with Crippen LogP contribution in [0.25, 0.3) is 0 Å². The second-order valence-electron chi connectivity index (χ2n) is 4.74. The van der Waals surface area contributed by atoms with E-state index < -0.39 is 11.7 Å². The van der Waals surface area contributed by atoms with Crippen molar-refractivity contribution in [2.24, 2.45) is 5.73 Å². The molecule has 2 aromatic rings. The van der Waals surface area contributed by atoms with Crippen molar-refractivity contribution in [1.29, 1.82) is 0 Å². The summed E-state index contributed by atoms with van der Waals surface area (Å²) in [6, 6.07) is 10.0. The number of hydrogen-bond acceptors (Lipinski definition) is 3. The Bertz CT molecular complexity index is 720. The molecule has 0 aliphatic heterocycles. The molecular formula is C16H15ClFN3O2. The van der Waals surface area contributed by atoms with Gasteiger partial charge in [-0.3, -0.25) is 9.59 Å². The third-order valence-electron chi connectivity index (χ3n) is 2.98. The molecule has 0 atom stereocenters. The first-order valence-electron chi connectivity index (χ1n) is 6.86. The lowest BCUT2D eigenvalue weighted by Gasteiger charge is -2.12. The van der Waals surface area contributed by atoms with E-state index in [1.54, 1.807) is 24.3 Å². The largest absolute Gasteiger partial charge is 0.330 e. The van der Waals surface area contributed by atoms with E-state index >= 15 is 0 Å². The van der Waals surface area contributed by atoms with Gasteiger partial charge < -0.3 is 16.4 Å². The van der Waals surface area contributed by atoms with Crippen molar-refractivity contribution in [2.45, 2.75) is 6.42 Å². The summed E-state index contributed by atoms with van der Waals surface area (Å²) in [5.74, 6) is -1.29. The van der Waals surface area contributed by atoms with E-state index in [4.69, 9.17) is 17.3 Å². The van der Waals surface area contributed by atoms with Crippen LogP contribution in [-0.4, -0.2) is 18.4 Å². The van der Waals surface area contributed by atoms with Crippen LogP contribution in [0, 0.1) is 5.82 Å². The van der Waals surface area contributed by atoms with Crippen LogP contribution in [0.4, 0.5) is 15.8 Å². The number of nitrogens with one attached hydrogen (secondary N) is 2. The number of nitrogens with two attached hydrogens (primary N) is 1. The number of benzene rings is 2. The normalized spacial score (nSPS) is 10.2. The quantitative estimate of drug-likeness (QED) is 0.785. The predicted molar refractivity (Wildman–Crippen MR) is 88.1 cm³/mol. The molecule has 5 nitrogen and oxygen atoms in total. The monoisotopic (exact) mass is 335 g/mol. The summed E-state index contributed by atoms with van der Waals surface area (Å²) < 4.78 is 13.4. The Morgan fingerprint density at radius 3 is 2.39 bits per heavy atom. The molecule has 23 heavy (non-hydrogen) atoms. The summed E-state index contributed by atoms with van der Waals surface area (Å²) in [4.78, 5) is 23.8. The zero-order chi connectivity index (χ0) is 16.8. The molecule has 0 radical (unpaired) electrons. The minimum Gasteiger partial charge on any atom is -0.330 e. The Kier molecular flexibility index (Phi) is 5.67. The van der Waals surface area contributed by atoms with E-state index in [2.05, 4.69) is 10.6 Å². The number of anilines is 2. The summed E-state index contributed by atoms with van der Waals surface area (Å²) >= 11 is 5.78. The third-order valence-corrected chi connectivity index (χ3v) is 3.23. The lowest BCUT2D eigenvalue weighted by molar-refractivity contribution is -0.116. The average Bonchev–Trinajstić information content (AvgIpc) is 2.50. The molecule has 120 valence electrons. The number of rotatable bonds is 5. The number of halogens is 2. The Morgan fingerprint density at radius 2 is 1.74 bits per heavy atom. The Balaban J connectivity index is 2.19. The molecule has 4 N–H and O–H groups in total. The van der Waals surface area contributed by atoms with Crippen LogP contribution in [0.15, 0.2) is 42.5 Å². The van der Waals surface area contributed by atoms with Crippen LogP contribution in [0.2, 0.25) is 5.02 Å². The van der Waals surface area contributed by atoms with Gasteiger partial charge in [0.05, 0.1) is 11.4 Å². The third kappa shape index (κ3) is 4.77. The van der Waals surface area contributed by atoms with Gasteiger partial charge in [0.25, 0.3) is 5.91 Å². The maximum absolute atomic E-state index is 13.4. The Morgan fingerprint density at radius 1 is 1.04 bits per heavy atom. The number of hydrogen-bond donors (Lipinski definition) is 3. The molecular weight excluding hydrogens is 321 g/mol. The number of carbonyl (C=O) groups is 2. The molecule has 0 bridgehead atoms. The molecule has 7 heteroatoms. The minimum atomic E-state index is -0.530.